The summed E-state index contributed by atoms with van der Waals surface area (Å²) in [6, 6.07) is 41.6. The van der Waals surface area contributed by atoms with Gasteiger partial charge in [-0.05, 0) is 136 Å². The van der Waals surface area contributed by atoms with Crippen LogP contribution in [0.25, 0.3) is 21.5 Å². The lowest BCUT2D eigenvalue weighted by Crippen LogP contribution is -2.26. The number of benzene rings is 6. The highest BCUT2D eigenvalue weighted by molar-refractivity contribution is 7.97. The smallest absolute Gasteiger partial charge is 0.462 e. The van der Waals surface area contributed by atoms with E-state index in [2.05, 4.69) is 54.6 Å². The highest BCUT2D eigenvalue weighted by Crippen LogP contribution is 2.38. The molecule has 9 heteroatoms. The third kappa shape index (κ3) is 10.1. The van der Waals surface area contributed by atoms with Crippen LogP contribution < -0.4 is 14.2 Å². The molecule has 0 heterocycles. The minimum absolute atomic E-state index is 0.0606. The topological polar surface area (TPSA) is 89.5 Å². The molecule has 0 fully saturated rings. The molecule has 54 heavy (non-hydrogen) atoms. The summed E-state index contributed by atoms with van der Waals surface area (Å²) in [4.78, 5) is 27.5. The fraction of sp³-hybridized carbons (Fsp3) is 0.244. The lowest BCUT2D eigenvalue weighted by molar-refractivity contribution is 0.0153. The summed E-state index contributed by atoms with van der Waals surface area (Å²) in [6.45, 7) is 11.2. The summed E-state index contributed by atoms with van der Waals surface area (Å²) < 4.78 is 33.9. The lowest BCUT2D eigenvalue weighted by Gasteiger charge is -2.19. The second kappa shape index (κ2) is 16.7. The molecule has 0 N–H and O–H groups in total. The van der Waals surface area contributed by atoms with Crippen LogP contribution in [0.1, 0.15) is 47.1 Å². The minimum Gasteiger partial charge on any atom is -0.462 e. The van der Waals surface area contributed by atoms with E-state index in [1.54, 1.807) is 65.8 Å². The van der Waals surface area contributed by atoms with E-state index in [9.17, 15) is 9.59 Å². The van der Waals surface area contributed by atoms with Crippen LogP contribution in [-0.2, 0) is 31.5 Å². The van der Waals surface area contributed by atoms with E-state index in [1.165, 1.54) is 27.1 Å². The largest absolute Gasteiger partial charge is 0.514 e. The van der Waals surface area contributed by atoms with Crippen LogP contribution in [0.2, 0.25) is 0 Å². The monoisotopic (exact) mass is 745 g/mol. The molecule has 0 radical (unpaired) electrons. The molecule has 0 atom stereocenters. The third-order valence-corrected chi connectivity index (χ3v) is 10.3. The van der Waals surface area contributed by atoms with Crippen molar-refractivity contribution in [1.82, 2.24) is 0 Å². The molecular weight excluding hydrogens is 701 g/mol. The van der Waals surface area contributed by atoms with Crippen molar-refractivity contribution in [2.45, 2.75) is 73.9 Å². The molecule has 278 valence electrons. The zero-order valence-electron chi connectivity index (χ0n) is 31.4. The molecule has 0 aliphatic carbocycles. The number of hydrogen-bond acceptors (Lipinski definition) is 8. The van der Waals surface area contributed by atoms with E-state index < -0.39 is 34.4 Å². The van der Waals surface area contributed by atoms with Gasteiger partial charge in [-0.15, -0.1) is 0 Å². The third-order valence-electron chi connectivity index (χ3n) is 8.04. The molecule has 0 unspecified atom stereocenters. The maximum Gasteiger partial charge on any atom is 0.514 e. The Labute approximate surface area is 319 Å². The molecule has 0 saturated carbocycles. The van der Waals surface area contributed by atoms with Crippen molar-refractivity contribution < 1.29 is 38.0 Å². The van der Waals surface area contributed by atoms with Gasteiger partial charge >= 0.3 is 12.3 Å². The van der Waals surface area contributed by atoms with Gasteiger partial charge in [-0.25, -0.2) is 9.59 Å². The fourth-order valence-electron chi connectivity index (χ4n) is 5.83. The molecule has 6 rings (SSSR count). The number of carbonyl (C=O) groups excluding carboxylic acids is 2. The Morgan fingerprint density at radius 3 is 1.65 bits per heavy atom. The number of ether oxygens (including phenoxy) is 6. The quantitative estimate of drug-likeness (QED) is 0.0323. The highest BCUT2D eigenvalue weighted by atomic mass is 32.2. The van der Waals surface area contributed by atoms with Gasteiger partial charge in [0.05, 0.1) is 6.61 Å². The average Bonchev–Trinajstić information content (AvgIpc) is 3.12. The number of rotatable bonds is 11. The second-order valence-electron chi connectivity index (χ2n) is 14.6. The standard InChI is InChI=1S/C45H45O8S/c1-44(2,3)52-42(46)50-33-19-23-35(24-20-33)54(36-25-21-34(22-26-36)51-43(47)53-45(4,5)6)41-18-12-11-17-40(41)49-30-48-28-27-32-29-31-13-7-8-14-37(31)39-16-10-9-15-38(32)39/h7-26,29H,27-28,30H2,1-6H3/q+1. The maximum atomic E-state index is 12.3. The van der Waals surface area contributed by atoms with E-state index in [-0.39, 0.29) is 6.79 Å². The van der Waals surface area contributed by atoms with Crippen LogP contribution in [0.15, 0.2) is 142 Å². The van der Waals surface area contributed by atoms with E-state index in [0.717, 1.165) is 21.1 Å². The summed E-state index contributed by atoms with van der Waals surface area (Å²) in [7, 11) is -0.690. The van der Waals surface area contributed by atoms with Crippen molar-refractivity contribution in [2.75, 3.05) is 13.4 Å². The highest BCUT2D eigenvalue weighted by Gasteiger charge is 2.33. The van der Waals surface area contributed by atoms with Crippen molar-refractivity contribution >= 4 is 44.8 Å². The number of carbonyl (C=O) groups is 2. The van der Waals surface area contributed by atoms with Crippen LogP contribution in [0, 0.1) is 0 Å². The van der Waals surface area contributed by atoms with Gasteiger partial charge < -0.3 is 28.4 Å². The number of hydrogen-bond donors (Lipinski definition) is 0. The van der Waals surface area contributed by atoms with Crippen LogP contribution in [0.5, 0.6) is 17.2 Å². The molecule has 0 saturated heterocycles. The molecule has 0 bridgehead atoms. The molecule has 0 spiro atoms. The maximum absolute atomic E-state index is 12.3. The normalized spacial score (nSPS) is 11.8. The molecule has 0 aromatic heterocycles. The van der Waals surface area contributed by atoms with Crippen LogP contribution >= 0.6 is 0 Å². The molecule has 0 amide bonds. The second-order valence-corrected chi connectivity index (χ2v) is 16.5. The first-order valence-electron chi connectivity index (χ1n) is 17.8. The number of para-hydroxylation sites is 1. The zero-order chi connectivity index (χ0) is 38.3. The molecule has 6 aromatic rings. The predicted molar refractivity (Wildman–Crippen MR) is 212 cm³/mol. The molecular formula is C45H45O8S+. The lowest BCUT2D eigenvalue weighted by atomic mass is 9.96. The van der Waals surface area contributed by atoms with Crippen molar-refractivity contribution in [1.29, 1.82) is 0 Å². The summed E-state index contributed by atoms with van der Waals surface area (Å²) in [5.74, 6) is 1.38. The average molecular weight is 746 g/mol. The van der Waals surface area contributed by atoms with E-state index in [1.807, 2.05) is 48.5 Å². The first-order chi connectivity index (χ1) is 25.8. The van der Waals surface area contributed by atoms with Crippen LogP contribution in [0.3, 0.4) is 0 Å². The number of fused-ring (bicyclic) bond motifs is 3. The minimum atomic E-state index is -0.776. The van der Waals surface area contributed by atoms with Gasteiger partial charge in [0.2, 0.25) is 4.90 Å². The Morgan fingerprint density at radius 1 is 0.574 bits per heavy atom. The first kappa shape index (κ1) is 38.2. The Morgan fingerprint density at radius 2 is 1.07 bits per heavy atom. The zero-order valence-corrected chi connectivity index (χ0v) is 32.2. The summed E-state index contributed by atoms with van der Waals surface area (Å²) >= 11 is 0. The van der Waals surface area contributed by atoms with E-state index in [0.29, 0.717) is 23.9 Å². The Kier molecular flexibility index (Phi) is 11.8. The van der Waals surface area contributed by atoms with Gasteiger partial charge in [0.1, 0.15) is 33.6 Å². The van der Waals surface area contributed by atoms with E-state index >= 15 is 0 Å². The molecule has 0 aliphatic heterocycles. The first-order valence-corrected chi connectivity index (χ1v) is 19.0. The van der Waals surface area contributed by atoms with Gasteiger partial charge in [-0.2, -0.15) is 0 Å². The van der Waals surface area contributed by atoms with Crippen LogP contribution in [0.4, 0.5) is 9.59 Å². The van der Waals surface area contributed by atoms with Crippen LogP contribution in [-0.4, -0.2) is 36.9 Å². The molecule has 6 aromatic carbocycles. The van der Waals surface area contributed by atoms with Crippen molar-refractivity contribution in [3.63, 3.8) is 0 Å². The van der Waals surface area contributed by atoms with Gasteiger partial charge in [0.15, 0.2) is 22.3 Å². The van der Waals surface area contributed by atoms with Gasteiger partial charge in [0, 0.05) is 0 Å². The predicted octanol–water partition coefficient (Wildman–Crippen LogP) is 11.3. The van der Waals surface area contributed by atoms with Gasteiger partial charge in [-0.3, -0.25) is 0 Å². The van der Waals surface area contributed by atoms with Gasteiger partial charge in [-0.1, -0.05) is 66.7 Å². The molecule has 0 aliphatic rings. The SMILES string of the molecule is CC(C)(C)OC(=O)Oc1ccc([S+](c2ccc(OC(=O)OC(C)(C)C)cc2)c2ccccc2OCOCCc2cc3ccccc3c3ccccc23)cc1. The van der Waals surface area contributed by atoms with Crippen molar-refractivity contribution in [2.24, 2.45) is 0 Å². The van der Waals surface area contributed by atoms with Crippen molar-refractivity contribution in [3.8, 4) is 17.2 Å². The molecule has 8 nitrogen and oxygen atoms in total. The summed E-state index contributed by atoms with van der Waals surface area (Å²) in [5, 5.41) is 4.90. The Balaban J connectivity index is 1.21. The fourth-order valence-corrected chi connectivity index (χ4v) is 7.97. The van der Waals surface area contributed by atoms with Crippen molar-refractivity contribution in [3.05, 3.63) is 133 Å². The van der Waals surface area contributed by atoms with Gasteiger partial charge in [0.25, 0.3) is 0 Å². The van der Waals surface area contributed by atoms with E-state index in [4.69, 9.17) is 28.4 Å². The summed E-state index contributed by atoms with van der Waals surface area (Å²) in [5.41, 5.74) is -0.133. The Hall–Kier alpha value is -5.51. The summed E-state index contributed by atoms with van der Waals surface area (Å²) in [6.07, 6.45) is -0.819. The Bertz CT molecular complexity index is 2140.